The van der Waals surface area contributed by atoms with Crippen LogP contribution in [0.5, 0.6) is 0 Å². The fourth-order valence-electron chi connectivity index (χ4n) is 0.925. The van der Waals surface area contributed by atoms with Crippen molar-refractivity contribution in [3.63, 3.8) is 0 Å². The van der Waals surface area contributed by atoms with Gasteiger partial charge in [0, 0.05) is 5.92 Å². The zero-order valence-corrected chi connectivity index (χ0v) is 6.50. The summed E-state index contributed by atoms with van der Waals surface area (Å²) in [5.41, 5.74) is 9.30. The van der Waals surface area contributed by atoms with E-state index in [2.05, 4.69) is 5.73 Å². The monoisotopic (exact) mass is 175 g/mol. The highest BCUT2D eigenvalue weighted by molar-refractivity contribution is 5.18. The average Bonchev–Trinajstić information content (AvgIpc) is 1.92. The van der Waals surface area contributed by atoms with Crippen molar-refractivity contribution in [2.75, 3.05) is 0 Å². The lowest BCUT2D eigenvalue weighted by molar-refractivity contribution is -0.0947. The van der Waals surface area contributed by atoms with Gasteiger partial charge in [0.15, 0.2) is 0 Å². The summed E-state index contributed by atoms with van der Waals surface area (Å²) in [5.74, 6) is -0.289. The lowest BCUT2D eigenvalue weighted by atomic mass is 9.96. The van der Waals surface area contributed by atoms with Gasteiger partial charge in [-0.3, -0.25) is 0 Å². The number of hydrogen-bond acceptors (Lipinski definition) is 1. The number of rotatable bonds is 0. The van der Waals surface area contributed by atoms with Crippen molar-refractivity contribution in [3.8, 4) is 0 Å². The van der Waals surface area contributed by atoms with E-state index in [1.165, 1.54) is 0 Å². The molecule has 0 unspecified atom stereocenters. The first-order valence-corrected chi connectivity index (χ1v) is 3.48. The molecule has 0 saturated carbocycles. The molecule has 0 aromatic carbocycles. The number of halogens is 3. The van der Waals surface area contributed by atoms with Gasteiger partial charge in [-0.25, -0.2) is 0 Å². The van der Waals surface area contributed by atoms with Gasteiger partial charge in [-0.05, 0) is 12.2 Å². The quantitative estimate of drug-likeness (QED) is 0.560. The highest BCUT2D eigenvalue weighted by Crippen LogP contribution is 2.32. The Hall–Kier alpha value is -1.11. The second-order valence-electron chi connectivity index (χ2n) is 2.79. The summed E-state index contributed by atoms with van der Waals surface area (Å²) >= 11 is 0. The lowest BCUT2D eigenvalue weighted by Crippen LogP contribution is -2.18. The predicted octanol–water partition coefficient (Wildman–Crippen LogP) is 2.11. The molecular weight excluding hydrogens is 167 g/mol. The van der Waals surface area contributed by atoms with E-state index < -0.39 is 11.7 Å². The first kappa shape index (κ1) is 8.98. The van der Waals surface area contributed by atoms with Gasteiger partial charge in [0.25, 0.3) is 0 Å². The van der Waals surface area contributed by atoms with E-state index in [1.807, 2.05) is 5.73 Å². The van der Waals surface area contributed by atoms with Gasteiger partial charge in [-0.1, -0.05) is 12.7 Å². The number of hydrogen-bond donors (Lipinski definition) is 1. The summed E-state index contributed by atoms with van der Waals surface area (Å²) < 4.78 is 36.2. The van der Waals surface area contributed by atoms with Crippen LogP contribution in [0.15, 0.2) is 22.7 Å². The van der Waals surface area contributed by atoms with Crippen LogP contribution < -0.4 is 5.73 Å². The Morgan fingerprint density at radius 1 is 1.42 bits per heavy atom. The molecule has 0 bridgehead atoms. The molecule has 0 spiro atoms. The molecule has 0 heterocycles. The summed E-state index contributed by atoms with van der Waals surface area (Å²) in [6.45, 7) is 1.63. The van der Waals surface area contributed by atoms with Crippen molar-refractivity contribution < 1.29 is 13.2 Å². The van der Waals surface area contributed by atoms with Gasteiger partial charge < -0.3 is 5.73 Å². The second-order valence-corrected chi connectivity index (χ2v) is 2.79. The SMILES string of the molecule is C[C@H]1CC(C(F)(F)F)=C=C=C1N. The predicted molar refractivity (Wildman–Crippen MR) is 38.1 cm³/mol. The molecule has 1 aliphatic rings. The van der Waals surface area contributed by atoms with Crippen LogP contribution in [0.1, 0.15) is 13.3 Å². The molecule has 0 aromatic rings. The number of nitrogens with two attached hydrogens (primary N) is 1. The zero-order chi connectivity index (χ0) is 9.35. The molecule has 2 N–H and O–H groups in total. The highest BCUT2D eigenvalue weighted by atomic mass is 19.4. The third-order valence-corrected chi connectivity index (χ3v) is 1.74. The van der Waals surface area contributed by atoms with Gasteiger partial charge in [-0.2, -0.15) is 13.2 Å². The van der Waals surface area contributed by atoms with Gasteiger partial charge >= 0.3 is 6.18 Å². The Labute approximate surface area is 68.1 Å². The number of alkyl halides is 3. The Kier molecular flexibility index (Phi) is 2.05. The van der Waals surface area contributed by atoms with Crippen molar-refractivity contribution in [2.45, 2.75) is 19.5 Å². The smallest absolute Gasteiger partial charge is 0.395 e. The molecule has 12 heavy (non-hydrogen) atoms. The maximum Gasteiger partial charge on any atom is 0.420 e. The van der Waals surface area contributed by atoms with Crippen LogP contribution >= 0.6 is 0 Å². The Morgan fingerprint density at radius 2 is 2.00 bits per heavy atom. The van der Waals surface area contributed by atoms with Crippen LogP contribution in [0.4, 0.5) is 13.2 Å². The molecule has 0 saturated heterocycles. The van der Waals surface area contributed by atoms with E-state index in [4.69, 9.17) is 5.73 Å². The molecule has 0 radical (unpaired) electrons. The van der Waals surface area contributed by atoms with E-state index in [0.29, 0.717) is 5.70 Å². The van der Waals surface area contributed by atoms with Crippen LogP contribution in [-0.4, -0.2) is 6.18 Å². The van der Waals surface area contributed by atoms with E-state index in [-0.39, 0.29) is 12.3 Å². The standard InChI is InChI=1S/C8H8F3N/c1-5-4-6(8(9,10)11)2-3-7(5)12/h5H,4,12H2,1H3/t5-/m0/s1. The van der Waals surface area contributed by atoms with E-state index >= 15 is 0 Å². The van der Waals surface area contributed by atoms with E-state index in [1.54, 1.807) is 6.92 Å². The summed E-state index contributed by atoms with van der Waals surface area (Å²) in [5, 5.41) is 0. The first-order chi connectivity index (χ1) is 5.41. The molecule has 0 fully saturated rings. The minimum atomic E-state index is -4.29. The van der Waals surface area contributed by atoms with Crippen LogP contribution in [0.3, 0.4) is 0 Å². The van der Waals surface area contributed by atoms with Crippen molar-refractivity contribution in [3.05, 3.63) is 22.7 Å². The molecule has 1 rings (SSSR count). The maximum atomic E-state index is 12.1. The largest absolute Gasteiger partial charge is 0.420 e. The number of allylic oxidation sites excluding steroid dienone is 2. The minimum Gasteiger partial charge on any atom is -0.395 e. The highest BCUT2D eigenvalue weighted by Gasteiger charge is 2.35. The van der Waals surface area contributed by atoms with Gasteiger partial charge in [0.05, 0.1) is 11.3 Å². The molecule has 1 aliphatic carbocycles. The fraction of sp³-hybridized carbons (Fsp3) is 0.500. The van der Waals surface area contributed by atoms with Crippen LogP contribution in [0.25, 0.3) is 0 Å². The van der Waals surface area contributed by atoms with E-state index in [9.17, 15) is 13.2 Å². The summed E-state index contributed by atoms with van der Waals surface area (Å²) in [6, 6.07) is 0. The fourth-order valence-corrected chi connectivity index (χ4v) is 0.925. The normalized spacial score (nSPS) is 23.5. The second kappa shape index (κ2) is 2.74. The average molecular weight is 175 g/mol. The van der Waals surface area contributed by atoms with Crippen molar-refractivity contribution in [2.24, 2.45) is 11.7 Å². The molecular formula is C8H8F3N. The molecule has 1 nitrogen and oxygen atoms in total. The van der Waals surface area contributed by atoms with Gasteiger partial charge in [0.1, 0.15) is 0 Å². The molecule has 0 amide bonds. The van der Waals surface area contributed by atoms with Gasteiger partial charge in [-0.15, -0.1) is 0 Å². The lowest BCUT2D eigenvalue weighted by Gasteiger charge is -2.15. The summed E-state index contributed by atoms with van der Waals surface area (Å²) in [6.07, 6.45) is -4.38. The Morgan fingerprint density at radius 3 is 2.42 bits per heavy atom. The third-order valence-electron chi connectivity index (χ3n) is 1.74. The molecule has 4 heteroatoms. The van der Waals surface area contributed by atoms with Gasteiger partial charge in [0.2, 0.25) is 0 Å². The molecule has 0 aliphatic heterocycles. The Balaban J connectivity index is 3.07. The van der Waals surface area contributed by atoms with Crippen LogP contribution in [0, 0.1) is 5.92 Å². The molecule has 0 aromatic heterocycles. The molecule has 1 atom stereocenters. The Bertz CT molecular complexity index is 288. The van der Waals surface area contributed by atoms with Crippen LogP contribution in [-0.2, 0) is 0 Å². The van der Waals surface area contributed by atoms with Crippen molar-refractivity contribution in [1.29, 1.82) is 0 Å². The summed E-state index contributed by atoms with van der Waals surface area (Å²) in [4.78, 5) is 0. The first-order valence-electron chi connectivity index (χ1n) is 3.48. The zero-order valence-electron chi connectivity index (χ0n) is 6.50. The summed E-state index contributed by atoms with van der Waals surface area (Å²) in [7, 11) is 0. The topological polar surface area (TPSA) is 26.0 Å². The minimum absolute atomic E-state index is 0.0949. The maximum absolute atomic E-state index is 12.1. The molecule has 66 valence electrons. The third kappa shape index (κ3) is 1.73. The van der Waals surface area contributed by atoms with Crippen molar-refractivity contribution >= 4 is 0 Å². The van der Waals surface area contributed by atoms with E-state index in [0.717, 1.165) is 0 Å². The van der Waals surface area contributed by atoms with Crippen molar-refractivity contribution in [1.82, 2.24) is 0 Å². The van der Waals surface area contributed by atoms with Crippen LogP contribution in [0.2, 0.25) is 0 Å².